The molecule has 0 aliphatic carbocycles. The van der Waals surface area contributed by atoms with Crippen LogP contribution in [0.25, 0.3) is 0 Å². The van der Waals surface area contributed by atoms with Crippen molar-refractivity contribution in [2.45, 2.75) is 24.6 Å². The number of unbranched alkanes of at least 4 members (excludes halogenated alkanes) is 2. The largest absolute Gasteiger partial charge is 0.493 e. The molecule has 1 aliphatic heterocycles. The summed E-state index contributed by atoms with van der Waals surface area (Å²) in [5.74, 6) is 2.34. The number of nitrogens with zero attached hydrogens (tertiary/aromatic N) is 1. The van der Waals surface area contributed by atoms with E-state index in [2.05, 4.69) is 0 Å². The van der Waals surface area contributed by atoms with Gasteiger partial charge >= 0.3 is 0 Å². The van der Waals surface area contributed by atoms with E-state index in [1.165, 1.54) is 0 Å². The van der Waals surface area contributed by atoms with Crippen LogP contribution in [0.2, 0.25) is 0 Å². The number of carbonyl (C=O) groups excluding carboxylic acids is 1. The van der Waals surface area contributed by atoms with Crippen molar-refractivity contribution in [2.75, 3.05) is 40.2 Å². The average Bonchev–Trinajstić information content (AvgIpc) is 2.98. The maximum absolute atomic E-state index is 12.2. The first kappa shape index (κ1) is 18.7. The molecule has 6 nitrogen and oxygen atoms in total. The summed E-state index contributed by atoms with van der Waals surface area (Å²) in [5, 5.41) is 8.83. The van der Waals surface area contributed by atoms with Crippen molar-refractivity contribution in [1.82, 2.24) is 4.90 Å². The number of rotatable bonds is 9. The van der Waals surface area contributed by atoms with E-state index in [0.717, 1.165) is 24.8 Å². The molecule has 24 heavy (non-hydrogen) atoms. The first-order chi connectivity index (χ1) is 11.7. The fraction of sp³-hybridized carbons (Fsp3) is 0.588. The Bertz CT molecular complexity index is 541. The Morgan fingerprint density at radius 1 is 1.12 bits per heavy atom. The van der Waals surface area contributed by atoms with Gasteiger partial charge in [0.25, 0.3) is 0 Å². The topological polar surface area (TPSA) is 68.2 Å². The predicted octanol–water partition coefficient (Wildman–Crippen LogP) is 2.45. The Labute approximate surface area is 147 Å². The van der Waals surface area contributed by atoms with Gasteiger partial charge in [0.05, 0.1) is 27.1 Å². The highest BCUT2D eigenvalue weighted by molar-refractivity contribution is 8.00. The second-order valence-electron chi connectivity index (χ2n) is 5.49. The molecule has 134 valence electrons. The monoisotopic (exact) mass is 355 g/mol. The van der Waals surface area contributed by atoms with Crippen molar-refractivity contribution >= 4 is 17.7 Å². The van der Waals surface area contributed by atoms with Crippen LogP contribution in [0, 0.1) is 0 Å². The molecule has 1 aromatic rings. The molecule has 1 aromatic carbocycles. The highest BCUT2D eigenvalue weighted by atomic mass is 32.2. The molecule has 1 aliphatic rings. The van der Waals surface area contributed by atoms with Gasteiger partial charge in [0.2, 0.25) is 11.7 Å². The lowest BCUT2D eigenvalue weighted by Crippen LogP contribution is -2.29. The summed E-state index contributed by atoms with van der Waals surface area (Å²) in [6.07, 6.45) is 2.56. The van der Waals surface area contributed by atoms with E-state index in [1.54, 1.807) is 33.1 Å². The summed E-state index contributed by atoms with van der Waals surface area (Å²) in [6.45, 7) is 0.881. The Kier molecular flexibility index (Phi) is 7.05. The van der Waals surface area contributed by atoms with Crippen molar-refractivity contribution in [3.8, 4) is 17.2 Å². The molecule has 7 heteroatoms. The van der Waals surface area contributed by atoms with Crippen LogP contribution in [-0.2, 0) is 4.79 Å². The minimum atomic E-state index is -0.0552. The van der Waals surface area contributed by atoms with Crippen LogP contribution in [0.15, 0.2) is 12.1 Å². The molecule has 0 radical (unpaired) electrons. The lowest BCUT2D eigenvalue weighted by Gasteiger charge is -2.25. The molecule has 1 heterocycles. The number of thioether (sulfide) groups is 1. The van der Waals surface area contributed by atoms with Gasteiger partial charge in [-0.1, -0.05) is 0 Å². The molecule has 1 fully saturated rings. The molecule has 0 saturated carbocycles. The van der Waals surface area contributed by atoms with E-state index in [1.807, 2.05) is 17.0 Å². The van der Waals surface area contributed by atoms with Gasteiger partial charge in [0, 0.05) is 13.2 Å². The zero-order chi connectivity index (χ0) is 17.5. The van der Waals surface area contributed by atoms with Gasteiger partial charge in [-0.2, -0.15) is 0 Å². The van der Waals surface area contributed by atoms with E-state index in [4.69, 9.17) is 19.3 Å². The Balaban J connectivity index is 2.23. The van der Waals surface area contributed by atoms with Gasteiger partial charge in [-0.05, 0) is 37.0 Å². The third-order valence-electron chi connectivity index (χ3n) is 4.00. The fourth-order valence-corrected chi connectivity index (χ4v) is 3.98. The van der Waals surface area contributed by atoms with Gasteiger partial charge in [-0.25, -0.2) is 0 Å². The molecule has 1 unspecified atom stereocenters. The smallest absolute Gasteiger partial charge is 0.233 e. The Hall–Kier alpha value is -1.60. The molecule has 1 N–H and O–H groups in total. The molecular formula is C17H25NO5S. The van der Waals surface area contributed by atoms with Gasteiger partial charge in [0.1, 0.15) is 5.37 Å². The molecule has 2 rings (SSSR count). The van der Waals surface area contributed by atoms with Crippen LogP contribution in [-0.4, -0.2) is 56.1 Å². The summed E-state index contributed by atoms with van der Waals surface area (Å²) in [4.78, 5) is 14.1. The van der Waals surface area contributed by atoms with E-state index in [-0.39, 0.29) is 17.9 Å². The summed E-state index contributed by atoms with van der Waals surface area (Å²) in [7, 11) is 4.74. The van der Waals surface area contributed by atoms with Crippen molar-refractivity contribution in [3.05, 3.63) is 17.7 Å². The van der Waals surface area contributed by atoms with Crippen LogP contribution in [0.3, 0.4) is 0 Å². The molecule has 0 aromatic heterocycles. The maximum Gasteiger partial charge on any atom is 0.233 e. The van der Waals surface area contributed by atoms with E-state index in [9.17, 15) is 4.79 Å². The van der Waals surface area contributed by atoms with Crippen molar-refractivity contribution in [3.63, 3.8) is 0 Å². The molecule has 0 spiro atoms. The SMILES string of the molecule is COc1cc(C2SCC(=O)N2CCCCCO)cc(OC)c1OC. The molecular weight excluding hydrogens is 330 g/mol. The second kappa shape index (κ2) is 9.03. The summed E-state index contributed by atoms with van der Waals surface area (Å²) in [6, 6.07) is 3.80. The number of aliphatic hydroxyl groups is 1. The minimum Gasteiger partial charge on any atom is -0.493 e. The van der Waals surface area contributed by atoms with Crippen LogP contribution in [0.1, 0.15) is 30.2 Å². The van der Waals surface area contributed by atoms with Gasteiger partial charge in [0.15, 0.2) is 11.5 Å². The highest BCUT2D eigenvalue weighted by Crippen LogP contribution is 2.45. The number of amides is 1. The second-order valence-corrected chi connectivity index (χ2v) is 6.56. The Morgan fingerprint density at radius 2 is 1.79 bits per heavy atom. The Morgan fingerprint density at radius 3 is 2.33 bits per heavy atom. The number of methoxy groups -OCH3 is 3. The van der Waals surface area contributed by atoms with Crippen LogP contribution < -0.4 is 14.2 Å². The minimum absolute atomic E-state index is 0.0552. The third kappa shape index (κ3) is 4.08. The highest BCUT2D eigenvalue weighted by Gasteiger charge is 2.33. The van der Waals surface area contributed by atoms with Gasteiger partial charge in [-0.3, -0.25) is 4.79 Å². The summed E-state index contributed by atoms with van der Waals surface area (Å²) >= 11 is 1.60. The summed E-state index contributed by atoms with van der Waals surface area (Å²) < 4.78 is 16.2. The number of ether oxygens (including phenoxy) is 3. The van der Waals surface area contributed by atoms with E-state index in [0.29, 0.717) is 29.5 Å². The number of hydrogen-bond donors (Lipinski definition) is 1. The van der Waals surface area contributed by atoms with Gasteiger partial charge in [-0.15, -0.1) is 11.8 Å². The third-order valence-corrected chi connectivity index (χ3v) is 5.25. The molecule has 1 amide bonds. The van der Waals surface area contributed by atoms with Crippen LogP contribution >= 0.6 is 11.8 Å². The van der Waals surface area contributed by atoms with Crippen molar-refractivity contribution < 1.29 is 24.1 Å². The first-order valence-electron chi connectivity index (χ1n) is 7.98. The predicted molar refractivity (Wildman–Crippen MR) is 93.9 cm³/mol. The van der Waals surface area contributed by atoms with E-state index >= 15 is 0 Å². The zero-order valence-electron chi connectivity index (χ0n) is 14.4. The van der Waals surface area contributed by atoms with Crippen LogP contribution in [0.4, 0.5) is 0 Å². The first-order valence-corrected chi connectivity index (χ1v) is 9.03. The summed E-state index contributed by atoms with van der Waals surface area (Å²) in [5.41, 5.74) is 0.961. The normalized spacial score (nSPS) is 17.2. The maximum atomic E-state index is 12.2. The lowest BCUT2D eigenvalue weighted by molar-refractivity contribution is -0.128. The number of aliphatic hydroxyl groups excluding tert-OH is 1. The quantitative estimate of drug-likeness (QED) is 0.686. The molecule has 1 atom stereocenters. The van der Waals surface area contributed by atoms with E-state index < -0.39 is 0 Å². The zero-order valence-corrected chi connectivity index (χ0v) is 15.2. The van der Waals surface area contributed by atoms with Crippen molar-refractivity contribution in [2.24, 2.45) is 0 Å². The van der Waals surface area contributed by atoms with Gasteiger partial charge < -0.3 is 24.2 Å². The number of carbonyl (C=O) groups is 1. The standard InChI is InChI=1S/C17H25NO5S/c1-21-13-9-12(10-14(22-2)16(13)23-3)17-18(15(20)11-24-17)7-5-4-6-8-19/h9-10,17,19H,4-8,11H2,1-3H3. The molecule has 0 bridgehead atoms. The molecule has 1 saturated heterocycles. The average molecular weight is 355 g/mol. The van der Waals surface area contributed by atoms with Crippen molar-refractivity contribution in [1.29, 1.82) is 0 Å². The number of benzene rings is 1. The number of hydrogen-bond acceptors (Lipinski definition) is 6. The fourth-order valence-electron chi connectivity index (χ4n) is 2.79. The van der Waals surface area contributed by atoms with Crippen LogP contribution in [0.5, 0.6) is 17.2 Å². The lowest BCUT2D eigenvalue weighted by atomic mass is 10.1.